The van der Waals surface area contributed by atoms with E-state index in [9.17, 15) is 4.79 Å². The van der Waals surface area contributed by atoms with Gasteiger partial charge in [-0.15, -0.1) is 0 Å². The minimum atomic E-state index is -0.392. The van der Waals surface area contributed by atoms with Crippen molar-refractivity contribution in [3.8, 4) is 5.75 Å². The quantitative estimate of drug-likeness (QED) is 0.793. The molecule has 0 saturated carbocycles. The number of rotatable bonds is 3. The normalized spacial score (nSPS) is 22.5. The number of methoxy groups -OCH3 is 2. The third kappa shape index (κ3) is 3.04. The minimum absolute atomic E-state index is 0.185. The molecule has 1 heterocycles. The zero-order valence-electron chi connectivity index (χ0n) is 12.4. The van der Waals surface area contributed by atoms with E-state index in [0.717, 1.165) is 18.8 Å². The average molecular weight is 279 g/mol. The number of ether oxygens (including phenoxy) is 3. The highest BCUT2D eigenvalue weighted by Crippen LogP contribution is 2.28. The number of nitrogens with zero attached hydrogens (tertiary/aromatic N) is 1. The van der Waals surface area contributed by atoms with Crippen LogP contribution in [0.5, 0.6) is 5.75 Å². The monoisotopic (exact) mass is 279 g/mol. The Hall–Kier alpha value is -1.75. The molecule has 0 bridgehead atoms. The summed E-state index contributed by atoms with van der Waals surface area (Å²) in [6, 6.07) is 5.53. The van der Waals surface area contributed by atoms with Crippen molar-refractivity contribution >= 4 is 11.7 Å². The van der Waals surface area contributed by atoms with Gasteiger partial charge in [-0.25, -0.2) is 4.79 Å². The highest BCUT2D eigenvalue weighted by molar-refractivity contribution is 5.93. The van der Waals surface area contributed by atoms with E-state index in [2.05, 4.69) is 18.7 Å². The number of hydrogen-bond acceptors (Lipinski definition) is 5. The number of anilines is 1. The molecule has 1 aliphatic rings. The molecule has 110 valence electrons. The fourth-order valence-corrected chi connectivity index (χ4v) is 2.54. The molecule has 0 N–H and O–H groups in total. The third-order valence-corrected chi connectivity index (χ3v) is 3.38. The molecule has 1 fully saturated rings. The molecule has 20 heavy (non-hydrogen) atoms. The van der Waals surface area contributed by atoms with Gasteiger partial charge in [0.15, 0.2) is 0 Å². The Labute approximate surface area is 119 Å². The van der Waals surface area contributed by atoms with Gasteiger partial charge in [-0.05, 0) is 26.0 Å². The van der Waals surface area contributed by atoms with E-state index in [1.165, 1.54) is 7.11 Å². The molecule has 5 heteroatoms. The molecule has 0 spiro atoms. The zero-order valence-corrected chi connectivity index (χ0v) is 12.4. The van der Waals surface area contributed by atoms with Gasteiger partial charge in [0.1, 0.15) is 11.3 Å². The average Bonchev–Trinajstić information content (AvgIpc) is 2.44. The summed E-state index contributed by atoms with van der Waals surface area (Å²) >= 11 is 0. The predicted molar refractivity (Wildman–Crippen MR) is 76.6 cm³/mol. The summed E-state index contributed by atoms with van der Waals surface area (Å²) < 4.78 is 15.8. The predicted octanol–water partition coefficient (Wildman–Crippen LogP) is 2.10. The van der Waals surface area contributed by atoms with Gasteiger partial charge >= 0.3 is 5.97 Å². The van der Waals surface area contributed by atoms with Crippen LogP contribution >= 0.6 is 0 Å². The minimum Gasteiger partial charge on any atom is -0.496 e. The van der Waals surface area contributed by atoms with Crippen LogP contribution in [0, 0.1) is 0 Å². The lowest BCUT2D eigenvalue weighted by Crippen LogP contribution is -2.45. The number of morpholine rings is 1. The van der Waals surface area contributed by atoms with Crippen LogP contribution in [0.15, 0.2) is 18.2 Å². The molecule has 2 atom stereocenters. The molecular formula is C15H21NO4. The van der Waals surface area contributed by atoms with Crippen LogP contribution in [-0.2, 0) is 9.47 Å². The van der Waals surface area contributed by atoms with Gasteiger partial charge in [0.25, 0.3) is 0 Å². The van der Waals surface area contributed by atoms with Crippen molar-refractivity contribution in [2.24, 2.45) is 0 Å². The van der Waals surface area contributed by atoms with Crippen LogP contribution in [0.4, 0.5) is 5.69 Å². The molecule has 2 unspecified atom stereocenters. The van der Waals surface area contributed by atoms with Crippen molar-refractivity contribution in [1.29, 1.82) is 0 Å². The van der Waals surface area contributed by atoms with Crippen molar-refractivity contribution < 1.29 is 19.0 Å². The van der Waals surface area contributed by atoms with Gasteiger partial charge in [0, 0.05) is 24.8 Å². The molecule has 0 amide bonds. The topological polar surface area (TPSA) is 48.0 Å². The fraction of sp³-hybridized carbons (Fsp3) is 0.533. The lowest BCUT2D eigenvalue weighted by molar-refractivity contribution is -0.00523. The Kier molecular flexibility index (Phi) is 4.49. The molecule has 0 radical (unpaired) electrons. The van der Waals surface area contributed by atoms with E-state index in [-0.39, 0.29) is 12.2 Å². The van der Waals surface area contributed by atoms with Crippen molar-refractivity contribution in [3.63, 3.8) is 0 Å². The van der Waals surface area contributed by atoms with E-state index in [4.69, 9.17) is 14.2 Å². The molecular weight excluding hydrogens is 258 g/mol. The van der Waals surface area contributed by atoms with Crippen molar-refractivity contribution in [2.45, 2.75) is 26.1 Å². The second kappa shape index (κ2) is 6.13. The number of esters is 1. The van der Waals surface area contributed by atoms with E-state index in [0.29, 0.717) is 11.3 Å². The largest absolute Gasteiger partial charge is 0.496 e. The number of benzene rings is 1. The summed E-state index contributed by atoms with van der Waals surface area (Å²) in [4.78, 5) is 13.9. The Morgan fingerprint density at radius 2 is 1.90 bits per heavy atom. The van der Waals surface area contributed by atoms with Crippen LogP contribution in [0.2, 0.25) is 0 Å². The molecule has 1 aromatic rings. The third-order valence-electron chi connectivity index (χ3n) is 3.38. The van der Waals surface area contributed by atoms with E-state index < -0.39 is 5.97 Å². The maximum absolute atomic E-state index is 11.6. The van der Waals surface area contributed by atoms with E-state index in [1.54, 1.807) is 13.2 Å². The molecule has 5 nitrogen and oxygen atoms in total. The summed E-state index contributed by atoms with van der Waals surface area (Å²) in [5, 5.41) is 0. The first-order chi connectivity index (χ1) is 9.55. The molecule has 1 saturated heterocycles. The number of carbonyl (C=O) groups excluding carboxylic acids is 1. The van der Waals surface area contributed by atoms with Gasteiger partial charge in [0.2, 0.25) is 0 Å². The highest BCUT2D eigenvalue weighted by Gasteiger charge is 2.23. The lowest BCUT2D eigenvalue weighted by atomic mass is 10.1. The van der Waals surface area contributed by atoms with Gasteiger partial charge in [-0.3, -0.25) is 0 Å². The van der Waals surface area contributed by atoms with Crippen LogP contribution in [0.25, 0.3) is 0 Å². The first-order valence-electron chi connectivity index (χ1n) is 6.72. The van der Waals surface area contributed by atoms with Crippen molar-refractivity contribution in [1.82, 2.24) is 0 Å². The smallest absolute Gasteiger partial charge is 0.341 e. The summed E-state index contributed by atoms with van der Waals surface area (Å²) in [5.41, 5.74) is 1.46. The van der Waals surface area contributed by atoms with Gasteiger partial charge in [0.05, 0.1) is 26.4 Å². The van der Waals surface area contributed by atoms with Crippen LogP contribution in [0.3, 0.4) is 0 Å². The molecule has 1 aromatic carbocycles. The zero-order chi connectivity index (χ0) is 14.7. The molecule has 1 aliphatic heterocycles. The Morgan fingerprint density at radius 3 is 2.45 bits per heavy atom. The molecule has 2 rings (SSSR count). The molecule has 0 aromatic heterocycles. The standard InChI is InChI=1S/C15H21NO4/c1-10-8-16(9-11(2)20-10)12-5-6-13(15(17)19-4)14(7-12)18-3/h5-7,10-11H,8-9H2,1-4H3. The summed E-state index contributed by atoms with van der Waals surface area (Å²) in [6.07, 6.45) is 0.370. The highest BCUT2D eigenvalue weighted by atomic mass is 16.5. The Balaban J connectivity index is 2.27. The fourth-order valence-electron chi connectivity index (χ4n) is 2.54. The maximum Gasteiger partial charge on any atom is 0.341 e. The maximum atomic E-state index is 11.6. The van der Waals surface area contributed by atoms with Crippen LogP contribution < -0.4 is 9.64 Å². The van der Waals surface area contributed by atoms with Gasteiger partial charge < -0.3 is 19.1 Å². The first kappa shape index (κ1) is 14.7. The Morgan fingerprint density at radius 1 is 1.25 bits per heavy atom. The number of carbonyl (C=O) groups is 1. The Bertz CT molecular complexity index is 479. The summed E-state index contributed by atoms with van der Waals surface area (Å²) in [6.45, 7) is 5.77. The first-order valence-corrected chi connectivity index (χ1v) is 6.72. The van der Waals surface area contributed by atoms with Gasteiger partial charge in [-0.2, -0.15) is 0 Å². The SMILES string of the molecule is COC(=O)c1ccc(N2CC(C)OC(C)C2)cc1OC. The van der Waals surface area contributed by atoms with Gasteiger partial charge in [-0.1, -0.05) is 0 Å². The molecule has 0 aliphatic carbocycles. The van der Waals surface area contributed by atoms with Crippen molar-refractivity contribution in [3.05, 3.63) is 23.8 Å². The van der Waals surface area contributed by atoms with E-state index >= 15 is 0 Å². The van der Waals surface area contributed by atoms with Crippen molar-refractivity contribution in [2.75, 3.05) is 32.2 Å². The number of hydrogen-bond donors (Lipinski definition) is 0. The van der Waals surface area contributed by atoms with E-state index in [1.807, 2.05) is 12.1 Å². The lowest BCUT2D eigenvalue weighted by Gasteiger charge is -2.37. The second-order valence-corrected chi connectivity index (χ2v) is 5.04. The summed E-state index contributed by atoms with van der Waals surface area (Å²) in [5.74, 6) is 0.137. The van der Waals surface area contributed by atoms with Crippen LogP contribution in [-0.4, -0.2) is 45.5 Å². The summed E-state index contributed by atoms with van der Waals surface area (Å²) in [7, 11) is 2.91. The second-order valence-electron chi connectivity index (χ2n) is 5.04. The van der Waals surface area contributed by atoms with Crippen LogP contribution in [0.1, 0.15) is 24.2 Å².